The fourth-order valence-corrected chi connectivity index (χ4v) is 3.51. The summed E-state index contributed by atoms with van der Waals surface area (Å²) in [6.07, 6.45) is 0.264. The van der Waals surface area contributed by atoms with Gasteiger partial charge in [-0.25, -0.2) is 4.98 Å². The van der Waals surface area contributed by atoms with Crippen LogP contribution in [0.5, 0.6) is 0 Å². The number of carbonyl (C=O) groups is 1. The second kappa shape index (κ2) is 5.79. The maximum atomic E-state index is 12.1. The quantitative estimate of drug-likeness (QED) is 0.774. The number of aryl methyl sites for hydroxylation is 2. The van der Waals surface area contributed by atoms with Crippen molar-refractivity contribution in [2.45, 2.75) is 20.3 Å². The van der Waals surface area contributed by atoms with E-state index in [1.165, 1.54) is 0 Å². The lowest BCUT2D eigenvalue weighted by Crippen LogP contribution is -2.15. The average Bonchev–Trinajstić information content (AvgIpc) is 3.13. The van der Waals surface area contributed by atoms with Crippen LogP contribution in [0.25, 0.3) is 10.4 Å². The Balaban J connectivity index is 1.78. The SMILES string of the molecule is Cc1nc(CC(=O)Nc2n[nH]c(C)c2-c2cccs2)cs1. The lowest BCUT2D eigenvalue weighted by molar-refractivity contribution is -0.115. The maximum Gasteiger partial charge on any atom is 0.231 e. The summed E-state index contributed by atoms with van der Waals surface area (Å²) in [5, 5.41) is 14.9. The molecule has 3 rings (SSSR count). The average molecular weight is 318 g/mol. The van der Waals surface area contributed by atoms with Gasteiger partial charge in [-0.1, -0.05) is 6.07 Å². The molecule has 21 heavy (non-hydrogen) atoms. The van der Waals surface area contributed by atoms with Crippen LogP contribution in [-0.2, 0) is 11.2 Å². The van der Waals surface area contributed by atoms with E-state index in [2.05, 4.69) is 20.5 Å². The van der Waals surface area contributed by atoms with E-state index < -0.39 is 0 Å². The molecule has 3 aromatic rings. The molecular formula is C14H14N4OS2. The number of H-pyrrole nitrogens is 1. The molecule has 0 saturated heterocycles. The standard InChI is InChI=1S/C14H14N4OS2/c1-8-13(11-4-3-5-20-11)14(18-17-8)16-12(19)6-10-7-21-9(2)15-10/h3-5,7H,6H2,1-2H3,(H2,16,17,18,19). The molecule has 0 aliphatic carbocycles. The van der Waals surface area contributed by atoms with E-state index in [4.69, 9.17) is 0 Å². The van der Waals surface area contributed by atoms with Crippen LogP contribution >= 0.6 is 22.7 Å². The molecule has 0 unspecified atom stereocenters. The van der Waals surface area contributed by atoms with E-state index in [9.17, 15) is 4.79 Å². The minimum absolute atomic E-state index is 0.107. The minimum Gasteiger partial charge on any atom is -0.308 e. The number of thiophene rings is 1. The van der Waals surface area contributed by atoms with Crippen LogP contribution in [0.1, 0.15) is 16.4 Å². The first-order valence-electron chi connectivity index (χ1n) is 6.43. The van der Waals surface area contributed by atoms with E-state index in [0.717, 1.165) is 26.8 Å². The number of hydrogen-bond acceptors (Lipinski definition) is 5. The first-order chi connectivity index (χ1) is 10.1. The summed E-state index contributed by atoms with van der Waals surface area (Å²) in [6, 6.07) is 4.00. The van der Waals surface area contributed by atoms with Gasteiger partial charge in [-0.3, -0.25) is 9.89 Å². The van der Waals surface area contributed by atoms with Gasteiger partial charge in [0.25, 0.3) is 0 Å². The number of nitrogens with one attached hydrogen (secondary N) is 2. The Kier molecular flexibility index (Phi) is 3.85. The summed E-state index contributed by atoms with van der Waals surface area (Å²) in [4.78, 5) is 17.5. The second-order valence-corrected chi connectivity index (χ2v) is 6.64. The highest BCUT2D eigenvalue weighted by molar-refractivity contribution is 7.13. The van der Waals surface area contributed by atoms with Crippen LogP contribution in [0.15, 0.2) is 22.9 Å². The molecule has 0 aromatic carbocycles. The van der Waals surface area contributed by atoms with Crippen LogP contribution in [0.2, 0.25) is 0 Å². The Morgan fingerprint density at radius 1 is 1.38 bits per heavy atom. The number of hydrogen-bond donors (Lipinski definition) is 2. The highest BCUT2D eigenvalue weighted by Gasteiger charge is 2.16. The number of nitrogens with zero attached hydrogens (tertiary/aromatic N) is 2. The number of carbonyl (C=O) groups excluding carboxylic acids is 1. The Labute approximate surface area is 130 Å². The van der Waals surface area contributed by atoms with Crippen molar-refractivity contribution in [1.29, 1.82) is 0 Å². The topological polar surface area (TPSA) is 70.7 Å². The Bertz CT molecular complexity index is 758. The summed E-state index contributed by atoms with van der Waals surface area (Å²) >= 11 is 3.17. The molecule has 0 aliphatic heterocycles. The number of anilines is 1. The van der Waals surface area contributed by atoms with Gasteiger partial charge in [0.2, 0.25) is 5.91 Å². The van der Waals surface area contributed by atoms with Gasteiger partial charge in [-0.2, -0.15) is 5.10 Å². The summed E-state index contributed by atoms with van der Waals surface area (Å²) in [5.74, 6) is 0.469. The van der Waals surface area contributed by atoms with Crippen molar-refractivity contribution in [2.75, 3.05) is 5.32 Å². The van der Waals surface area contributed by atoms with Gasteiger partial charge in [0, 0.05) is 16.0 Å². The molecule has 0 atom stereocenters. The van der Waals surface area contributed by atoms with Crippen LogP contribution < -0.4 is 5.32 Å². The van der Waals surface area contributed by atoms with E-state index >= 15 is 0 Å². The zero-order valence-corrected chi connectivity index (χ0v) is 13.3. The van der Waals surface area contributed by atoms with E-state index in [-0.39, 0.29) is 12.3 Å². The predicted molar refractivity (Wildman–Crippen MR) is 85.8 cm³/mol. The predicted octanol–water partition coefficient (Wildman–Crippen LogP) is 3.39. The van der Waals surface area contributed by atoms with Gasteiger partial charge >= 0.3 is 0 Å². The third-order valence-corrected chi connectivity index (χ3v) is 4.69. The minimum atomic E-state index is -0.107. The molecule has 7 heteroatoms. The highest BCUT2D eigenvalue weighted by Crippen LogP contribution is 2.32. The first-order valence-corrected chi connectivity index (χ1v) is 8.19. The molecule has 0 spiro atoms. The smallest absolute Gasteiger partial charge is 0.231 e. The number of aromatic nitrogens is 3. The number of rotatable bonds is 4. The molecule has 0 radical (unpaired) electrons. The van der Waals surface area contributed by atoms with Crippen LogP contribution in [-0.4, -0.2) is 21.1 Å². The van der Waals surface area contributed by atoms with Gasteiger partial charge in [0.1, 0.15) is 0 Å². The largest absolute Gasteiger partial charge is 0.308 e. The van der Waals surface area contributed by atoms with E-state index in [1.54, 1.807) is 22.7 Å². The highest BCUT2D eigenvalue weighted by atomic mass is 32.1. The lowest BCUT2D eigenvalue weighted by atomic mass is 10.2. The van der Waals surface area contributed by atoms with E-state index in [1.807, 2.05) is 36.7 Å². The first kappa shape index (κ1) is 14.0. The van der Waals surface area contributed by atoms with Gasteiger partial charge in [-0.15, -0.1) is 22.7 Å². The van der Waals surface area contributed by atoms with Crippen LogP contribution in [0.4, 0.5) is 5.82 Å². The summed E-state index contributed by atoms with van der Waals surface area (Å²) < 4.78 is 0. The van der Waals surface area contributed by atoms with Crippen molar-refractivity contribution >= 4 is 34.4 Å². The molecular weight excluding hydrogens is 304 g/mol. The fourth-order valence-electron chi connectivity index (χ4n) is 2.07. The van der Waals surface area contributed by atoms with Gasteiger partial charge in [0.15, 0.2) is 5.82 Å². The zero-order valence-electron chi connectivity index (χ0n) is 11.6. The van der Waals surface area contributed by atoms with Gasteiger partial charge in [0.05, 0.1) is 22.7 Å². The summed E-state index contributed by atoms with van der Waals surface area (Å²) in [5.41, 5.74) is 2.69. The van der Waals surface area contributed by atoms with Crippen molar-refractivity contribution in [3.63, 3.8) is 0 Å². The van der Waals surface area contributed by atoms with Crippen molar-refractivity contribution in [3.8, 4) is 10.4 Å². The number of amides is 1. The Morgan fingerprint density at radius 3 is 2.90 bits per heavy atom. The van der Waals surface area contributed by atoms with Crippen molar-refractivity contribution in [1.82, 2.24) is 15.2 Å². The molecule has 1 amide bonds. The molecule has 0 bridgehead atoms. The number of thiazole rings is 1. The second-order valence-electron chi connectivity index (χ2n) is 4.63. The third kappa shape index (κ3) is 3.03. The lowest BCUT2D eigenvalue weighted by Gasteiger charge is -2.03. The normalized spacial score (nSPS) is 10.8. The van der Waals surface area contributed by atoms with Crippen molar-refractivity contribution in [2.24, 2.45) is 0 Å². The van der Waals surface area contributed by atoms with Crippen LogP contribution in [0, 0.1) is 13.8 Å². The number of aromatic amines is 1. The molecule has 0 aliphatic rings. The van der Waals surface area contributed by atoms with Gasteiger partial charge in [-0.05, 0) is 25.3 Å². The van der Waals surface area contributed by atoms with Crippen molar-refractivity contribution in [3.05, 3.63) is 39.3 Å². The monoisotopic (exact) mass is 318 g/mol. The molecule has 3 aromatic heterocycles. The molecule has 0 fully saturated rings. The Morgan fingerprint density at radius 2 is 2.24 bits per heavy atom. The molecule has 3 heterocycles. The Hall–Kier alpha value is -1.99. The molecule has 108 valence electrons. The fraction of sp³-hybridized carbons (Fsp3) is 0.214. The maximum absolute atomic E-state index is 12.1. The summed E-state index contributed by atoms with van der Waals surface area (Å²) in [6.45, 7) is 3.87. The molecule has 2 N–H and O–H groups in total. The van der Waals surface area contributed by atoms with E-state index in [0.29, 0.717) is 5.82 Å². The summed E-state index contributed by atoms with van der Waals surface area (Å²) in [7, 11) is 0. The van der Waals surface area contributed by atoms with Crippen molar-refractivity contribution < 1.29 is 4.79 Å². The van der Waals surface area contributed by atoms with Gasteiger partial charge < -0.3 is 5.32 Å². The van der Waals surface area contributed by atoms with Crippen LogP contribution in [0.3, 0.4) is 0 Å². The molecule has 5 nitrogen and oxygen atoms in total. The third-order valence-electron chi connectivity index (χ3n) is 2.98. The molecule has 0 saturated carbocycles. The zero-order chi connectivity index (χ0) is 14.8.